The van der Waals surface area contributed by atoms with Gasteiger partial charge in [0.05, 0.1) is 0 Å². The van der Waals surface area contributed by atoms with Crippen molar-refractivity contribution in [3.05, 3.63) is 16.3 Å². The zero-order valence-electron chi connectivity index (χ0n) is 12.7. The zero-order valence-corrected chi connectivity index (χ0v) is 15.1. The van der Waals surface area contributed by atoms with Crippen LogP contribution in [0.25, 0.3) is 0 Å². The molecule has 0 bridgehead atoms. The molecule has 0 aromatic carbocycles. The highest BCUT2D eigenvalue weighted by Gasteiger charge is 2.31. The summed E-state index contributed by atoms with van der Waals surface area (Å²) in [5.41, 5.74) is 0. The third-order valence-corrected chi connectivity index (χ3v) is 6.56. The van der Waals surface area contributed by atoms with Crippen LogP contribution < -0.4 is 10.6 Å². The van der Waals surface area contributed by atoms with Crippen LogP contribution >= 0.6 is 23.7 Å². The van der Waals surface area contributed by atoms with Crippen molar-refractivity contribution in [1.29, 1.82) is 0 Å². The van der Waals surface area contributed by atoms with E-state index in [1.165, 1.54) is 10.4 Å². The minimum atomic E-state index is -3.55. The molecule has 9 heteroatoms. The number of rotatable bonds is 6. The van der Waals surface area contributed by atoms with Crippen molar-refractivity contribution >= 4 is 39.7 Å². The summed E-state index contributed by atoms with van der Waals surface area (Å²) in [5, 5.41) is 7.43. The first-order chi connectivity index (χ1) is 9.96. The highest BCUT2D eigenvalue weighted by Crippen LogP contribution is 2.27. The number of thiophene rings is 1. The van der Waals surface area contributed by atoms with Gasteiger partial charge in [0.2, 0.25) is 10.0 Å². The van der Waals surface area contributed by atoms with Crippen LogP contribution in [-0.4, -0.2) is 51.4 Å². The summed E-state index contributed by atoms with van der Waals surface area (Å²) in [6.07, 6.45) is 1.76. The summed E-state index contributed by atoms with van der Waals surface area (Å²) in [7, 11) is -1.74. The number of hydrogen-bond donors (Lipinski definition) is 2. The number of sulfonamides is 1. The minimum absolute atomic E-state index is 0. The maximum absolute atomic E-state index is 12.6. The quantitative estimate of drug-likeness (QED) is 0.794. The standard InChI is InChI=1S/C13H21N3O3S2.ClH/c1-10(14-2)9-15-13(17)12-11(5-8-20-12)21(18,19)16-6-3-4-7-16;/h5,8,10,14H,3-4,6-7,9H2,1-2H3,(H,15,17);1H. The summed E-state index contributed by atoms with van der Waals surface area (Å²) in [5.74, 6) is -0.329. The molecule has 1 unspecified atom stereocenters. The molecule has 0 aliphatic carbocycles. The lowest BCUT2D eigenvalue weighted by Gasteiger charge is -2.16. The summed E-state index contributed by atoms with van der Waals surface area (Å²) >= 11 is 1.16. The summed E-state index contributed by atoms with van der Waals surface area (Å²) < 4.78 is 26.6. The second-order valence-corrected chi connectivity index (χ2v) is 7.95. The van der Waals surface area contributed by atoms with E-state index in [0.29, 0.717) is 19.6 Å². The fraction of sp³-hybridized carbons (Fsp3) is 0.615. The fourth-order valence-electron chi connectivity index (χ4n) is 2.16. The van der Waals surface area contributed by atoms with Gasteiger partial charge >= 0.3 is 0 Å². The van der Waals surface area contributed by atoms with Gasteiger partial charge in [-0.2, -0.15) is 4.31 Å². The van der Waals surface area contributed by atoms with Crippen LogP contribution in [0.15, 0.2) is 16.3 Å². The predicted octanol–water partition coefficient (Wildman–Crippen LogP) is 1.29. The van der Waals surface area contributed by atoms with Crippen molar-refractivity contribution in [3.8, 4) is 0 Å². The van der Waals surface area contributed by atoms with Gasteiger partial charge in [-0.05, 0) is 38.3 Å². The molecule has 1 amide bonds. The normalized spacial score (nSPS) is 17.0. The van der Waals surface area contributed by atoms with Gasteiger partial charge in [0, 0.05) is 25.7 Å². The lowest BCUT2D eigenvalue weighted by Crippen LogP contribution is -2.37. The van der Waals surface area contributed by atoms with Gasteiger partial charge < -0.3 is 10.6 Å². The summed E-state index contributed by atoms with van der Waals surface area (Å²) in [4.78, 5) is 12.6. The van der Waals surface area contributed by atoms with Crippen molar-refractivity contribution in [2.75, 3.05) is 26.7 Å². The molecule has 22 heavy (non-hydrogen) atoms. The molecule has 1 aromatic heterocycles. The van der Waals surface area contributed by atoms with Crippen molar-refractivity contribution in [2.24, 2.45) is 0 Å². The lowest BCUT2D eigenvalue weighted by atomic mass is 10.3. The number of nitrogens with one attached hydrogen (secondary N) is 2. The number of carbonyl (C=O) groups is 1. The zero-order chi connectivity index (χ0) is 15.5. The van der Waals surface area contributed by atoms with Crippen molar-refractivity contribution in [1.82, 2.24) is 14.9 Å². The molecule has 126 valence electrons. The summed E-state index contributed by atoms with van der Waals surface area (Å²) in [6, 6.07) is 1.65. The van der Waals surface area contributed by atoms with Crippen LogP contribution in [0.3, 0.4) is 0 Å². The Morgan fingerprint density at radius 2 is 2.05 bits per heavy atom. The Morgan fingerprint density at radius 1 is 1.41 bits per heavy atom. The Kier molecular flexibility index (Phi) is 7.27. The van der Waals surface area contributed by atoms with Crippen molar-refractivity contribution < 1.29 is 13.2 Å². The van der Waals surface area contributed by atoms with Crippen LogP contribution in [-0.2, 0) is 10.0 Å². The van der Waals surface area contributed by atoms with Gasteiger partial charge in [-0.3, -0.25) is 4.79 Å². The average molecular weight is 368 g/mol. The third-order valence-electron chi connectivity index (χ3n) is 3.58. The Hall–Kier alpha value is -0.670. The van der Waals surface area contributed by atoms with Gasteiger partial charge in [0.1, 0.15) is 9.77 Å². The Balaban J connectivity index is 0.00000242. The van der Waals surface area contributed by atoms with Gasteiger partial charge in [-0.15, -0.1) is 23.7 Å². The first kappa shape index (κ1) is 19.4. The molecule has 1 aromatic rings. The molecule has 1 saturated heterocycles. The molecular weight excluding hydrogens is 346 g/mol. The Morgan fingerprint density at radius 3 is 2.64 bits per heavy atom. The van der Waals surface area contributed by atoms with Crippen LogP contribution in [0.2, 0.25) is 0 Å². The second kappa shape index (κ2) is 8.26. The van der Waals surface area contributed by atoms with E-state index in [1.54, 1.807) is 5.38 Å². The molecule has 1 aliphatic rings. The van der Waals surface area contributed by atoms with Gasteiger partial charge in [-0.1, -0.05) is 0 Å². The molecule has 2 N–H and O–H groups in total. The highest BCUT2D eigenvalue weighted by atomic mass is 35.5. The molecule has 0 saturated carbocycles. The van der Waals surface area contributed by atoms with Crippen LogP contribution in [0.4, 0.5) is 0 Å². The van der Waals surface area contributed by atoms with Crippen molar-refractivity contribution in [3.63, 3.8) is 0 Å². The van der Waals surface area contributed by atoms with E-state index in [9.17, 15) is 13.2 Å². The van der Waals surface area contributed by atoms with E-state index in [1.807, 2.05) is 14.0 Å². The van der Waals surface area contributed by atoms with Crippen LogP contribution in [0.1, 0.15) is 29.4 Å². The number of amides is 1. The molecule has 6 nitrogen and oxygen atoms in total. The predicted molar refractivity (Wildman–Crippen MR) is 90.4 cm³/mol. The van der Waals surface area contributed by atoms with E-state index < -0.39 is 10.0 Å². The van der Waals surface area contributed by atoms with Gasteiger partial charge in [-0.25, -0.2) is 8.42 Å². The number of nitrogens with zero attached hydrogens (tertiary/aromatic N) is 1. The Bertz CT molecular complexity index is 597. The molecule has 0 radical (unpaired) electrons. The number of hydrogen-bond acceptors (Lipinski definition) is 5. The first-order valence-corrected chi connectivity index (χ1v) is 9.32. The van der Waals surface area contributed by atoms with Gasteiger partial charge in [0.25, 0.3) is 5.91 Å². The largest absolute Gasteiger partial charge is 0.350 e. The first-order valence-electron chi connectivity index (χ1n) is 7.00. The van der Waals surface area contributed by atoms with Crippen LogP contribution in [0, 0.1) is 0 Å². The van der Waals surface area contributed by atoms with E-state index in [0.717, 1.165) is 24.2 Å². The maximum atomic E-state index is 12.6. The van der Waals surface area contributed by atoms with Gasteiger partial charge in [0.15, 0.2) is 0 Å². The average Bonchev–Trinajstić information content (AvgIpc) is 3.14. The maximum Gasteiger partial charge on any atom is 0.262 e. The van der Waals surface area contributed by atoms with Crippen LogP contribution in [0.5, 0.6) is 0 Å². The SMILES string of the molecule is CNC(C)CNC(=O)c1sccc1S(=O)(=O)N1CCCC1.Cl. The molecule has 0 spiro atoms. The van der Waals surface area contributed by atoms with Crippen molar-refractivity contribution in [2.45, 2.75) is 30.7 Å². The van der Waals surface area contributed by atoms with E-state index >= 15 is 0 Å². The van der Waals surface area contributed by atoms with E-state index in [4.69, 9.17) is 0 Å². The topological polar surface area (TPSA) is 78.5 Å². The number of likely N-dealkylation sites (N-methyl/N-ethyl adjacent to an activating group) is 1. The highest BCUT2D eigenvalue weighted by molar-refractivity contribution is 7.89. The molecule has 1 fully saturated rings. The Labute approximate surface area is 141 Å². The fourth-order valence-corrected chi connectivity index (χ4v) is 5.00. The number of halogens is 1. The molecule has 1 aliphatic heterocycles. The molecular formula is C13H22ClN3O3S2. The molecule has 2 heterocycles. The number of carbonyl (C=O) groups excluding carboxylic acids is 1. The molecule has 1 atom stereocenters. The van der Waals surface area contributed by atoms with E-state index in [2.05, 4.69) is 10.6 Å². The van der Waals surface area contributed by atoms with E-state index in [-0.39, 0.29) is 34.1 Å². The third kappa shape index (κ3) is 4.20. The lowest BCUT2D eigenvalue weighted by molar-refractivity contribution is 0.0951. The second-order valence-electron chi connectivity index (χ2n) is 5.12. The summed E-state index contributed by atoms with van der Waals surface area (Å²) in [6.45, 7) is 3.47. The minimum Gasteiger partial charge on any atom is -0.350 e. The molecule has 2 rings (SSSR count). The monoisotopic (exact) mass is 367 g/mol. The smallest absolute Gasteiger partial charge is 0.262 e.